The van der Waals surface area contributed by atoms with E-state index in [1.165, 1.54) is 0 Å². The molecule has 0 atom stereocenters. The first-order valence-electron chi connectivity index (χ1n) is 5.00. The fraction of sp³-hybridized carbons (Fsp3) is 0.0769. The van der Waals surface area contributed by atoms with Gasteiger partial charge in [-0.25, -0.2) is 0 Å². The van der Waals surface area contributed by atoms with E-state index in [2.05, 4.69) is 4.98 Å². The number of rotatable bonds is 3. The SMILES string of the molecule is COc1ccc(Cl)cc1-c1cccnc1C=O. The summed E-state index contributed by atoms with van der Waals surface area (Å²) in [5.41, 5.74) is 1.84. The second kappa shape index (κ2) is 4.97. The van der Waals surface area contributed by atoms with Crippen molar-refractivity contribution in [1.29, 1.82) is 0 Å². The standard InChI is InChI=1S/C13H10ClNO2/c1-17-13-5-4-9(14)7-11(13)10-3-2-6-15-12(10)8-16/h2-8H,1H3. The molecule has 0 radical (unpaired) electrons. The minimum Gasteiger partial charge on any atom is -0.496 e. The van der Waals surface area contributed by atoms with Crippen molar-refractivity contribution in [1.82, 2.24) is 4.98 Å². The number of benzene rings is 1. The van der Waals surface area contributed by atoms with Crippen LogP contribution in [0, 0.1) is 0 Å². The number of pyridine rings is 1. The molecule has 0 N–H and O–H groups in total. The van der Waals surface area contributed by atoms with E-state index in [0.29, 0.717) is 22.0 Å². The number of nitrogens with zero attached hydrogens (tertiary/aromatic N) is 1. The highest BCUT2D eigenvalue weighted by Gasteiger charge is 2.11. The van der Waals surface area contributed by atoms with Crippen LogP contribution in [0.25, 0.3) is 11.1 Å². The highest BCUT2D eigenvalue weighted by Crippen LogP contribution is 2.33. The normalized spacial score (nSPS) is 10.0. The Hall–Kier alpha value is -1.87. The molecule has 0 saturated heterocycles. The summed E-state index contributed by atoms with van der Waals surface area (Å²) in [4.78, 5) is 15.0. The van der Waals surface area contributed by atoms with Crippen molar-refractivity contribution in [3.63, 3.8) is 0 Å². The first-order chi connectivity index (χ1) is 8.26. The first-order valence-corrected chi connectivity index (χ1v) is 5.38. The number of methoxy groups -OCH3 is 1. The highest BCUT2D eigenvalue weighted by atomic mass is 35.5. The van der Waals surface area contributed by atoms with Crippen LogP contribution in [0.3, 0.4) is 0 Å². The van der Waals surface area contributed by atoms with Gasteiger partial charge in [0.15, 0.2) is 6.29 Å². The van der Waals surface area contributed by atoms with E-state index < -0.39 is 0 Å². The Morgan fingerprint density at radius 2 is 2.12 bits per heavy atom. The Morgan fingerprint density at radius 3 is 2.82 bits per heavy atom. The largest absolute Gasteiger partial charge is 0.496 e. The number of halogens is 1. The predicted molar refractivity (Wildman–Crippen MR) is 66.6 cm³/mol. The molecule has 0 bridgehead atoms. The summed E-state index contributed by atoms with van der Waals surface area (Å²) in [6, 6.07) is 8.83. The van der Waals surface area contributed by atoms with Gasteiger partial charge >= 0.3 is 0 Å². The van der Waals surface area contributed by atoms with Crippen LogP contribution < -0.4 is 4.74 Å². The molecule has 0 amide bonds. The second-order valence-electron chi connectivity index (χ2n) is 3.40. The second-order valence-corrected chi connectivity index (χ2v) is 3.84. The Kier molecular flexibility index (Phi) is 3.40. The Balaban J connectivity index is 2.66. The summed E-state index contributed by atoms with van der Waals surface area (Å²) in [5, 5.41) is 0.585. The van der Waals surface area contributed by atoms with Crippen LogP contribution in [0.5, 0.6) is 5.75 Å². The first kappa shape index (κ1) is 11.6. The summed E-state index contributed by atoms with van der Waals surface area (Å²) in [5.74, 6) is 0.658. The van der Waals surface area contributed by atoms with Crippen LogP contribution >= 0.6 is 11.6 Å². The highest BCUT2D eigenvalue weighted by molar-refractivity contribution is 6.31. The number of carbonyl (C=O) groups is 1. The molecule has 0 fully saturated rings. The molecular formula is C13H10ClNO2. The van der Waals surface area contributed by atoms with Gasteiger partial charge in [-0.1, -0.05) is 17.7 Å². The summed E-state index contributed by atoms with van der Waals surface area (Å²) < 4.78 is 5.25. The van der Waals surface area contributed by atoms with Gasteiger partial charge in [0.2, 0.25) is 0 Å². The Bertz CT molecular complexity index is 555. The van der Waals surface area contributed by atoms with Gasteiger partial charge in [-0.3, -0.25) is 9.78 Å². The molecule has 4 heteroatoms. The average Bonchev–Trinajstić information content (AvgIpc) is 2.38. The molecule has 1 heterocycles. The molecule has 0 spiro atoms. The number of hydrogen-bond donors (Lipinski definition) is 0. The monoisotopic (exact) mass is 247 g/mol. The maximum absolute atomic E-state index is 10.9. The van der Waals surface area contributed by atoms with Crippen LogP contribution in [-0.2, 0) is 0 Å². The quantitative estimate of drug-likeness (QED) is 0.782. The van der Waals surface area contributed by atoms with Gasteiger partial charge in [-0.05, 0) is 24.3 Å². The van der Waals surface area contributed by atoms with Gasteiger partial charge < -0.3 is 4.74 Å². The Morgan fingerprint density at radius 1 is 1.29 bits per heavy atom. The molecule has 0 unspecified atom stereocenters. The van der Waals surface area contributed by atoms with Gasteiger partial charge in [-0.2, -0.15) is 0 Å². The van der Waals surface area contributed by atoms with Gasteiger partial charge in [0, 0.05) is 22.3 Å². The van der Waals surface area contributed by atoms with Gasteiger partial charge in [0.25, 0.3) is 0 Å². The van der Waals surface area contributed by atoms with E-state index in [1.54, 1.807) is 37.6 Å². The lowest BCUT2D eigenvalue weighted by Crippen LogP contribution is -1.94. The minimum absolute atomic E-state index is 0.369. The van der Waals surface area contributed by atoms with Crippen molar-refractivity contribution < 1.29 is 9.53 Å². The molecule has 0 aliphatic heterocycles. The molecule has 0 saturated carbocycles. The molecular weight excluding hydrogens is 238 g/mol. The van der Waals surface area contributed by atoms with Gasteiger partial charge in [0.1, 0.15) is 11.4 Å². The summed E-state index contributed by atoms with van der Waals surface area (Å²) in [7, 11) is 1.57. The zero-order valence-corrected chi connectivity index (χ0v) is 9.94. The molecule has 2 rings (SSSR count). The third kappa shape index (κ3) is 2.29. The number of hydrogen-bond acceptors (Lipinski definition) is 3. The van der Waals surface area contributed by atoms with E-state index in [-0.39, 0.29) is 0 Å². The van der Waals surface area contributed by atoms with Crippen LogP contribution in [0.15, 0.2) is 36.5 Å². The molecule has 0 aliphatic rings. The van der Waals surface area contributed by atoms with Crippen molar-refractivity contribution in [2.45, 2.75) is 0 Å². The maximum atomic E-state index is 10.9. The van der Waals surface area contributed by atoms with Crippen molar-refractivity contribution in [3.05, 3.63) is 47.2 Å². The number of aldehydes is 1. The lowest BCUT2D eigenvalue weighted by molar-refractivity contribution is 0.111. The number of aromatic nitrogens is 1. The predicted octanol–water partition coefficient (Wildman–Crippen LogP) is 3.22. The molecule has 3 nitrogen and oxygen atoms in total. The molecule has 86 valence electrons. The van der Waals surface area contributed by atoms with Crippen LogP contribution in [0.1, 0.15) is 10.5 Å². The topological polar surface area (TPSA) is 39.2 Å². The zero-order chi connectivity index (χ0) is 12.3. The lowest BCUT2D eigenvalue weighted by atomic mass is 10.0. The van der Waals surface area contributed by atoms with E-state index in [0.717, 1.165) is 11.8 Å². The van der Waals surface area contributed by atoms with Crippen LogP contribution in [0.4, 0.5) is 0 Å². The van der Waals surface area contributed by atoms with E-state index in [1.807, 2.05) is 6.07 Å². The lowest BCUT2D eigenvalue weighted by Gasteiger charge is -2.10. The molecule has 0 aliphatic carbocycles. The van der Waals surface area contributed by atoms with Gasteiger partial charge in [-0.15, -0.1) is 0 Å². The van der Waals surface area contributed by atoms with E-state index in [9.17, 15) is 4.79 Å². The Labute approximate surface area is 104 Å². The molecule has 17 heavy (non-hydrogen) atoms. The van der Waals surface area contributed by atoms with Crippen molar-refractivity contribution in [2.24, 2.45) is 0 Å². The van der Waals surface area contributed by atoms with Crippen molar-refractivity contribution >= 4 is 17.9 Å². The number of ether oxygens (including phenoxy) is 1. The van der Waals surface area contributed by atoms with Crippen LogP contribution in [0.2, 0.25) is 5.02 Å². The van der Waals surface area contributed by atoms with Crippen molar-refractivity contribution in [2.75, 3.05) is 7.11 Å². The van der Waals surface area contributed by atoms with Crippen LogP contribution in [-0.4, -0.2) is 18.4 Å². The molecule has 1 aromatic carbocycles. The maximum Gasteiger partial charge on any atom is 0.169 e. The van der Waals surface area contributed by atoms with E-state index in [4.69, 9.17) is 16.3 Å². The number of carbonyl (C=O) groups excluding carboxylic acids is 1. The fourth-order valence-corrected chi connectivity index (χ4v) is 1.80. The van der Waals surface area contributed by atoms with Crippen molar-refractivity contribution in [3.8, 4) is 16.9 Å². The smallest absolute Gasteiger partial charge is 0.169 e. The summed E-state index contributed by atoms with van der Waals surface area (Å²) in [6.07, 6.45) is 2.29. The summed E-state index contributed by atoms with van der Waals surface area (Å²) >= 11 is 5.95. The third-order valence-electron chi connectivity index (χ3n) is 2.40. The third-order valence-corrected chi connectivity index (χ3v) is 2.64. The molecule has 1 aromatic heterocycles. The fourth-order valence-electron chi connectivity index (χ4n) is 1.63. The van der Waals surface area contributed by atoms with Gasteiger partial charge in [0.05, 0.1) is 7.11 Å². The van der Waals surface area contributed by atoms with E-state index >= 15 is 0 Å². The molecule has 2 aromatic rings. The zero-order valence-electron chi connectivity index (χ0n) is 9.18. The average molecular weight is 248 g/mol. The summed E-state index contributed by atoms with van der Waals surface area (Å²) in [6.45, 7) is 0. The minimum atomic E-state index is 0.369.